The average molecular weight is 251 g/mol. The maximum atomic E-state index is 8.82. The Morgan fingerprint density at radius 3 is 2.86 bits per heavy atom. The third kappa shape index (κ3) is 3.33. The summed E-state index contributed by atoms with van der Waals surface area (Å²) in [6.07, 6.45) is 0. The number of rotatable bonds is 4. The van der Waals surface area contributed by atoms with Crippen LogP contribution in [0.2, 0.25) is 0 Å². The zero-order chi connectivity index (χ0) is 10.4. The molecule has 0 atom stereocenters. The highest BCUT2D eigenvalue weighted by atomic mass is 79.9. The Hall–Kier alpha value is -1.11. The molecule has 14 heavy (non-hydrogen) atoms. The standard InChI is InChI=1S/C11H11BrN2/c1-9(12)7-14-8-11-5-3-2-4-10(11)6-13/h2-5,14H,1,7-8H2. The van der Waals surface area contributed by atoms with Gasteiger partial charge in [0.1, 0.15) is 0 Å². The maximum Gasteiger partial charge on any atom is 0.0995 e. The van der Waals surface area contributed by atoms with Crippen molar-refractivity contribution in [3.05, 3.63) is 46.5 Å². The molecule has 0 bridgehead atoms. The van der Waals surface area contributed by atoms with Gasteiger partial charge in [0.25, 0.3) is 0 Å². The van der Waals surface area contributed by atoms with Gasteiger partial charge in [-0.1, -0.05) is 40.7 Å². The van der Waals surface area contributed by atoms with Crippen LogP contribution in [0.5, 0.6) is 0 Å². The molecule has 1 rings (SSSR count). The lowest BCUT2D eigenvalue weighted by atomic mass is 10.1. The van der Waals surface area contributed by atoms with Crippen LogP contribution in [0, 0.1) is 11.3 Å². The third-order valence-corrected chi connectivity index (χ3v) is 2.05. The molecule has 0 aliphatic rings. The van der Waals surface area contributed by atoms with Crippen molar-refractivity contribution < 1.29 is 0 Å². The lowest BCUT2D eigenvalue weighted by molar-refractivity contribution is 0.755. The van der Waals surface area contributed by atoms with Crippen LogP contribution in [0.4, 0.5) is 0 Å². The normalized spacial score (nSPS) is 9.43. The lowest BCUT2D eigenvalue weighted by Crippen LogP contribution is -2.15. The monoisotopic (exact) mass is 250 g/mol. The Balaban J connectivity index is 2.59. The Labute approximate surface area is 92.4 Å². The number of halogens is 1. The lowest BCUT2D eigenvalue weighted by Gasteiger charge is -2.04. The third-order valence-electron chi connectivity index (χ3n) is 1.77. The molecule has 0 fully saturated rings. The van der Waals surface area contributed by atoms with Gasteiger partial charge in [0, 0.05) is 17.6 Å². The molecule has 0 saturated carbocycles. The molecular formula is C11H11BrN2. The van der Waals surface area contributed by atoms with E-state index < -0.39 is 0 Å². The van der Waals surface area contributed by atoms with Crippen molar-refractivity contribution >= 4 is 15.9 Å². The molecule has 0 unspecified atom stereocenters. The van der Waals surface area contributed by atoms with E-state index in [1.165, 1.54) is 0 Å². The van der Waals surface area contributed by atoms with Crippen LogP contribution in [0.3, 0.4) is 0 Å². The van der Waals surface area contributed by atoms with Crippen molar-refractivity contribution in [2.75, 3.05) is 6.54 Å². The van der Waals surface area contributed by atoms with Crippen LogP contribution >= 0.6 is 15.9 Å². The van der Waals surface area contributed by atoms with Gasteiger partial charge in [-0.05, 0) is 11.6 Å². The van der Waals surface area contributed by atoms with E-state index in [0.29, 0.717) is 13.1 Å². The molecular weight excluding hydrogens is 240 g/mol. The summed E-state index contributed by atoms with van der Waals surface area (Å²) in [5, 5.41) is 12.0. The van der Waals surface area contributed by atoms with Gasteiger partial charge in [0.15, 0.2) is 0 Å². The highest BCUT2D eigenvalue weighted by Crippen LogP contribution is 2.07. The minimum atomic E-state index is 0.689. The zero-order valence-corrected chi connectivity index (χ0v) is 9.34. The van der Waals surface area contributed by atoms with Gasteiger partial charge in [-0.2, -0.15) is 5.26 Å². The van der Waals surface area contributed by atoms with E-state index in [4.69, 9.17) is 5.26 Å². The second kappa shape index (κ2) is 5.58. The summed E-state index contributed by atoms with van der Waals surface area (Å²) in [5.74, 6) is 0. The minimum absolute atomic E-state index is 0.689. The van der Waals surface area contributed by atoms with Crippen LogP contribution in [0.25, 0.3) is 0 Å². The largest absolute Gasteiger partial charge is 0.308 e. The van der Waals surface area contributed by atoms with Gasteiger partial charge < -0.3 is 5.32 Å². The predicted octanol–water partition coefficient (Wildman–Crippen LogP) is 2.56. The number of hydrogen-bond acceptors (Lipinski definition) is 2. The first-order valence-corrected chi connectivity index (χ1v) is 5.05. The van der Waals surface area contributed by atoms with E-state index in [2.05, 4.69) is 33.9 Å². The number of nitrogens with one attached hydrogen (secondary N) is 1. The van der Waals surface area contributed by atoms with E-state index in [1.807, 2.05) is 24.3 Å². The summed E-state index contributed by atoms with van der Waals surface area (Å²) in [5.41, 5.74) is 1.74. The quantitative estimate of drug-likeness (QED) is 0.892. The molecule has 0 radical (unpaired) electrons. The second-order valence-corrected chi connectivity index (χ2v) is 4.01. The molecule has 0 spiro atoms. The van der Waals surface area contributed by atoms with E-state index >= 15 is 0 Å². The summed E-state index contributed by atoms with van der Waals surface area (Å²) < 4.78 is 0.909. The Kier molecular flexibility index (Phi) is 4.37. The van der Waals surface area contributed by atoms with Crippen molar-refractivity contribution in [2.24, 2.45) is 0 Å². The SMILES string of the molecule is C=C(Br)CNCc1ccccc1C#N. The van der Waals surface area contributed by atoms with Crippen molar-refractivity contribution in [3.8, 4) is 6.07 Å². The summed E-state index contributed by atoms with van der Waals surface area (Å²) in [7, 11) is 0. The van der Waals surface area contributed by atoms with Crippen LogP contribution in [0.1, 0.15) is 11.1 Å². The average Bonchev–Trinajstić information content (AvgIpc) is 2.18. The van der Waals surface area contributed by atoms with E-state index in [9.17, 15) is 0 Å². The fourth-order valence-corrected chi connectivity index (χ4v) is 1.31. The fraction of sp³-hybridized carbons (Fsp3) is 0.182. The smallest absolute Gasteiger partial charge is 0.0995 e. The molecule has 0 aliphatic heterocycles. The molecule has 1 aromatic rings. The Morgan fingerprint density at radius 1 is 1.50 bits per heavy atom. The van der Waals surface area contributed by atoms with Gasteiger partial charge >= 0.3 is 0 Å². The fourth-order valence-electron chi connectivity index (χ4n) is 1.12. The van der Waals surface area contributed by atoms with E-state index in [1.54, 1.807) is 0 Å². The molecule has 2 nitrogen and oxygen atoms in total. The number of nitriles is 1. The number of nitrogens with zero attached hydrogens (tertiary/aromatic N) is 1. The van der Waals surface area contributed by atoms with Gasteiger partial charge in [-0.25, -0.2) is 0 Å². The molecule has 0 saturated heterocycles. The highest BCUT2D eigenvalue weighted by Gasteiger charge is 1.99. The van der Waals surface area contributed by atoms with Crippen LogP contribution in [0.15, 0.2) is 35.3 Å². The molecule has 3 heteroatoms. The van der Waals surface area contributed by atoms with E-state index in [0.717, 1.165) is 15.6 Å². The van der Waals surface area contributed by atoms with Gasteiger partial charge in [0.05, 0.1) is 11.6 Å². The summed E-state index contributed by atoms with van der Waals surface area (Å²) in [6.45, 7) is 5.11. The molecule has 0 heterocycles. The molecule has 72 valence electrons. The first-order chi connectivity index (χ1) is 6.74. The van der Waals surface area contributed by atoms with Crippen molar-refractivity contribution in [1.29, 1.82) is 5.26 Å². The predicted molar refractivity (Wildman–Crippen MR) is 60.9 cm³/mol. The van der Waals surface area contributed by atoms with Crippen LogP contribution in [-0.4, -0.2) is 6.54 Å². The topological polar surface area (TPSA) is 35.8 Å². The maximum absolute atomic E-state index is 8.82. The summed E-state index contributed by atoms with van der Waals surface area (Å²) in [6, 6.07) is 9.72. The highest BCUT2D eigenvalue weighted by molar-refractivity contribution is 9.11. The molecule has 1 aromatic carbocycles. The first-order valence-electron chi connectivity index (χ1n) is 4.26. The Bertz CT molecular complexity index is 366. The van der Waals surface area contributed by atoms with E-state index in [-0.39, 0.29) is 0 Å². The van der Waals surface area contributed by atoms with Crippen molar-refractivity contribution in [3.63, 3.8) is 0 Å². The Morgan fingerprint density at radius 2 is 2.21 bits per heavy atom. The van der Waals surface area contributed by atoms with Crippen LogP contribution < -0.4 is 5.32 Å². The van der Waals surface area contributed by atoms with Gasteiger partial charge in [0.2, 0.25) is 0 Å². The summed E-state index contributed by atoms with van der Waals surface area (Å²) in [4.78, 5) is 0. The second-order valence-electron chi connectivity index (χ2n) is 2.89. The molecule has 1 N–H and O–H groups in total. The van der Waals surface area contributed by atoms with Crippen molar-refractivity contribution in [1.82, 2.24) is 5.32 Å². The number of hydrogen-bond donors (Lipinski definition) is 1. The zero-order valence-electron chi connectivity index (χ0n) is 7.76. The molecule has 0 aliphatic carbocycles. The first kappa shape index (κ1) is 11.0. The molecule has 0 aromatic heterocycles. The number of benzene rings is 1. The van der Waals surface area contributed by atoms with Crippen LogP contribution in [-0.2, 0) is 6.54 Å². The van der Waals surface area contributed by atoms with Gasteiger partial charge in [-0.3, -0.25) is 0 Å². The minimum Gasteiger partial charge on any atom is -0.308 e. The molecule has 0 amide bonds. The van der Waals surface area contributed by atoms with Crippen molar-refractivity contribution in [2.45, 2.75) is 6.54 Å². The van der Waals surface area contributed by atoms with Gasteiger partial charge in [-0.15, -0.1) is 0 Å². The summed E-state index contributed by atoms with van der Waals surface area (Å²) >= 11 is 3.26.